The summed E-state index contributed by atoms with van der Waals surface area (Å²) in [6.45, 7) is 0. The average molecular weight is 345 g/mol. The molecule has 3 N–H and O–H groups in total. The number of nitrogens with one attached hydrogen (secondary N) is 1. The third-order valence-corrected chi connectivity index (χ3v) is 3.06. The maximum Gasteiger partial charge on any atom is 0.275 e. The van der Waals surface area contributed by atoms with Crippen molar-refractivity contribution in [3.05, 3.63) is 51.3 Å². The van der Waals surface area contributed by atoms with E-state index in [1.54, 1.807) is 6.07 Å². The van der Waals surface area contributed by atoms with E-state index in [1.807, 2.05) is 0 Å². The summed E-state index contributed by atoms with van der Waals surface area (Å²) in [6, 6.07) is 7.20. The van der Waals surface area contributed by atoms with Gasteiger partial charge in [0.15, 0.2) is 0 Å². The lowest BCUT2D eigenvalue weighted by Crippen LogP contribution is -2.16. The Bertz CT molecular complexity index is 651. The Kier molecular flexibility index (Phi) is 4.01. The highest BCUT2D eigenvalue weighted by atomic mass is 79.9. The van der Waals surface area contributed by atoms with Gasteiger partial charge in [-0.15, -0.1) is 0 Å². The number of halogens is 3. The molecule has 7 heteroatoms. The van der Waals surface area contributed by atoms with Crippen molar-refractivity contribution in [2.45, 2.75) is 0 Å². The number of carbonyl (C=O) groups excluding carboxylic acids is 1. The summed E-state index contributed by atoms with van der Waals surface area (Å²) in [7, 11) is 0. The Morgan fingerprint density at radius 1 is 1.37 bits per heavy atom. The predicted octanol–water partition coefficient (Wildman–Crippen LogP) is 3.47. The standard InChI is InChI=1S/C12H8BrClFN3O/c13-6-1-3-9(8(15)5-6)17-12(19)11-7(14)2-4-10(16)18-11/h1-5H,(H2,16,18)(H,17,19). The second-order valence-corrected chi connectivity index (χ2v) is 4.97. The molecule has 0 unspecified atom stereocenters. The second-order valence-electron chi connectivity index (χ2n) is 3.64. The fourth-order valence-electron chi connectivity index (χ4n) is 1.39. The molecule has 0 bridgehead atoms. The van der Waals surface area contributed by atoms with Crippen LogP contribution in [-0.2, 0) is 0 Å². The third-order valence-electron chi connectivity index (χ3n) is 2.26. The van der Waals surface area contributed by atoms with Gasteiger partial charge in [-0.05, 0) is 30.3 Å². The molecule has 2 rings (SSSR count). The lowest BCUT2D eigenvalue weighted by molar-refractivity contribution is 0.102. The predicted molar refractivity (Wildman–Crippen MR) is 75.7 cm³/mol. The summed E-state index contributed by atoms with van der Waals surface area (Å²) >= 11 is 8.97. The molecule has 0 aliphatic carbocycles. The van der Waals surface area contributed by atoms with Gasteiger partial charge < -0.3 is 11.1 Å². The molecular weight excluding hydrogens is 337 g/mol. The summed E-state index contributed by atoms with van der Waals surface area (Å²) in [4.78, 5) is 15.8. The number of anilines is 2. The van der Waals surface area contributed by atoms with Crippen LogP contribution in [0.2, 0.25) is 5.02 Å². The van der Waals surface area contributed by atoms with Gasteiger partial charge in [0.25, 0.3) is 5.91 Å². The zero-order valence-electron chi connectivity index (χ0n) is 9.45. The molecule has 0 saturated carbocycles. The van der Waals surface area contributed by atoms with Crippen molar-refractivity contribution in [1.82, 2.24) is 4.98 Å². The molecule has 0 aliphatic heterocycles. The molecule has 0 spiro atoms. The Morgan fingerprint density at radius 3 is 2.79 bits per heavy atom. The van der Waals surface area contributed by atoms with Crippen LogP contribution in [0.4, 0.5) is 15.9 Å². The summed E-state index contributed by atoms with van der Waals surface area (Å²) in [5.74, 6) is -1.04. The first-order chi connectivity index (χ1) is 8.97. The molecule has 0 fully saturated rings. The van der Waals surface area contributed by atoms with Gasteiger partial charge in [-0.1, -0.05) is 27.5 Å². The van der Waals surface area contributed by atoms with Gasteiger partial charge >= 0.3 is 0 Å². The number of pyridine rings is 1. The normalized spacial score (nSPS) is 10.3. The van der Waals surface area contributed by atoms with Crippen molar-refractivity contribution in [1.29, 1.82) is 0 Å². The summed E-state index contributed by atoms with van der Waals surface area (Å²) in [5.41, 5.74) is 5.46. The number of nitrogen functional groups attached to an aromatic ring is 1. The van der Waals surface area contributed by atoms with Gasteiger partial charge in [0.2, 0.25) is 0 Å². The van der Waals surface area contributed by atoms with E-state index in [2.05, 4.69) is 26.2 Å². The molecule has 0 saturated heterocycles. The molecule has 1 amide bonds. The van der Waals surface area contributed by atoms with Crippen molar-refractivity contribution >= 4 is 44.9 Å². The SMILES string of the molecule is Nc1ccc(Cl)c(C(=O)Nc2ccc(Br)cc2F)n1. The highest BCUT2D eigenvalue weighted by Gasteiger charge is 2.14. The number of rotatable bonds is 2. The zero-order valence-corrected chi connectivity index (χ0v) is 11.8. The van der Waals surface area contributed by atoms with E-state index >= 15 is 0 Å². The number of aromatic nitrogens is 1. The quantitative estimate of drug-likeness (QED) is 0.876. The minimum atomic E-state index is -0.626. The first-order valence-corrected chi connectivity index (χ1v) is 6.33. The van der Waals surface area contributed by atoms with E-state index in [9.17, 15) is 9.18 Å². The van der Waals surface area contributed by atoms with Crippen molar-refractivity contribution in [2.75, 3.05) is 11.1 Å². The molecular formula is C12H8BrClFN3O. The fraction of sp³-hybridized carbons (Fsp3) is 0. The number of hydrogen-bond acceptors (Lipinski definition) is 3. The molecule has 0 radical (unpaired) electrons. The smallest absolute Gasteiger partial charge is 0.275 e. The molecule has 4 nitrogen and oxygen atoms in total. The van der Waals surface area contributed by atoms with Crippen LogP contribution >= 0.6 is 27.5 Å². The topological polar surface area (TPSA) is 68.0 Å². The van der Waals surface area contributed by atoms with Gasteiger partial charge in [0, 0.05) is 4.47 Å². The van der Waals surface area contributed by atoms with Crippen LogP contribution < -0.4 is 11.1 Å². The second kappa shape index (κ2) is 5.54. The first kappa shape index (κ1) is 13.8. The van der Waals surface area contributed by atoms with Crippen molar-refractivity contribution in [3.63, 3.8) is 0 Å². The maximum atomic E-state index is 13.6. The number of carbonyl (C=O) groups is 1. The number of amides is 1. The number of hydrogen-bond donors (Lipinski definition) is 2. The Labute approximate surface area is 121 Å². The largest absolute Gasteiger partial charge is 0.384 e. The fourth-order valence-corrected chi connectivity index (χ4v) is 1.91. The molecule has 19 heavy (non-hydrogen) atoms. The van der Waals surface area contributed by atoms with Crippen LogP contribution in [0.1, 0.15) is 10.5 Å². The molecule has 1 aromatic heterocycles. The van der Waals surface area contributed by atoms with E-state index in [4.69, 9.17) is 17.3 Å². The van der Waals surface area contributed by atoms with E-state index in [1.165, 1.54) is 24.3 Å². The Balaban J connectivity index is 2.28. The summed E-state index contributed by atoms with van der Waals surface area (Å²) in [5, 5.41) is 2.53. The van der Waals surface area contributed by atoms with E-state index < -0.39 is 11.7 Å². The lowest BCUT2D eigenvalue weighted by Gasteiger charge is -2.07. The first-order valence-electron chi connectivity index (χ1n) is 5.16. The molecule has 1 heterocycles. The number of nitrogens with two attached hydrogens (primary N) is 1. The number of nitrogens with zero attached hydrogens (tertiary/aromatic N) is 1. The van der Waals surface area contributed by atoms with Crippen LogP contribution in [0, 0.1) is 5.82 Å². The molecule has 2 aromatic rings. The van der Waals surface area contributed by atoms with Gasteiger partial charge in [-0.25, -0.2) is 9.37 Å². The minimum absolute atomic E-state index is 0.0356. The van der Waals surface area contributed by atoms with E-state index in [0.717, 1.165) is 0 Å². The van der Waals surface area contributed by atoms with Crippen molar-refractivity contribution < 1.29 is 9.18 Å². The molecule has 1 aromatic carbocycles. The molecule has 98 valence electrons. The third kappa shape index (κ3) is 3.21. The zero-order chi connectivity index (χ0) is 14.0. The highest BCUT2D eigenvalue weighted by Crippen LogP contribution is 2.21. The summed E-state index contributed by atoms with van der Waals surface area (Å²) < 4.78 is 14.2. The van der Waals surface area contributed by atoms with Gasteiger partial charge in [-0.2, -0.15) is 0 Å². The monoisotopic (exact) mass is 343 g/mol. The maximum absolute atomic E-state index is 13.6. The van der Waals surface area contributed by atoms with Gasteiger partial charge in [-0.3, -0.25) is 4.79 Å². The Hall–Kier alpha value is -1.66. The molecule has 0 atom stereocenters. The molecule has 0 aliphatic rings. The highest BCUT2D eigenvalue weighted by molar-refractivity contribution is 9.10. The van der Waals surface area contributed by atoms with E-state index in [0.29, 0.717) is 4.47 Å². The minimum Gasteiger partial charge on any atom is -0.384 e. The van der Waals surface area contributed by atoms with Crippen LogP contribution in [0.15, 0.2) is 34.8 Å². The van der Waals surface area contributed by atoms with Crippen LogP contribution in [0.25, 0.3) is 0 Å². The van der Waals surface area contributed by atoms with Crippen LogP contribution in [0.3, 0.4) is 0 Å². The number of benzene rings is 1. The summed E-state index contributed by atoms with van der Waals surface area (Å²) in [6.07, 6.45) is 0. The van der Waals surface area contributed by atoms with Crippen LogP contribution in [-0.4, -0.2) is 10.9 Å². The Morgan fingerprint density at radius 2 is 2.11 bits per heavy atom. The lowest BCUT2D eigenvalue weighted by atomic mass is 10.2. The van der Waals surface area contributed by atoms with Gasteiger partial charge in [0.05, 0.1) is 10.7 Å². The van der Waals surface area contributed by atoms with Gasteiger partial charge in [0.1, 0.15) is 17.3 Å². The van der Waals surface area contributed by atoms with Crippen molar-refractivity contribution in [2.24, 2.45) is 0 Å². The van der Waals surface area contributed by atoms with E-state index in [-0.39, 0.29) is 22.2 Å². The van der Waals surface area contributed by atoms with Crippen LogP contribution in [0.5, 0.6) is 0 Å². The van der Waals surface area contributed by atoms with Crippen molar-refractivity contribution in [3.8, 4) is 0 Å². The average Bonchev–Trinajstić information content (AvgIpc) is 2.35.